The van der Waals surface area contributed by atoms with Crippen molar-refractivity contribution in [3.8, 4) is 34.5 Å². The number of hydrogen-bond acceptors (Lipinski definition) is 19. The predicted octanol–water partition coefficient (Wildman–Crippen LogP) is 10.7. The Bertz CT molecular complexity index is 3080. The van der Waals surface area contributed by atoms with Crippen LogP contribution >= 0.6 is 0 Å². The summed E-state index contributed by atoms with van der Waals surface area (Å²) in [6.45, 7) is 7.42. The first-order valence-corrected chi connectivity index (χ1v) is 34.2. The molecule has 3 heterocycles. The van der Waals surface area contributed by atoms with Crippen LogP contribution in [0.15, 0.2) is 146 Å². The van der Waals surface area contributed by atoms with E-state index in [0.717, 1.165) is 155 Å². The van der Waals surface area contributed by atoms with Crippen molar-refractivity contribution < 1.29 is 91.6 Å². The molecular formula is C77H97N3O19. The van der Waals surface area contributed by atoms with Gasteiger partial charge in [0.15, 0.2) is 6.10 Å². The van der Waals surface area contributed by atoms with Gasteiger partial charge in [0, 0.05) is 19.6 Å². The summed E-state index contributed by atoms with van der Waals surface area (Å²) in [6, 6.07) is 47.6. The van der Waals surface area contributed by atoms with Gasteiger partial charge in [0.1, 0.15) is 66.5 Å². The van der Waals surface area contributed by atoms with E-state index in [2.05, 4.69) is 28.0 Å². The van der Waals surface area contributed by atoms with Crippen LogP contribution in [0.4, 0.5) is 0 Å². The number of ether oxygens (including phenoxy) is 9. The summed E-state index contributed by atoms with van der Waals surface area (Å²) in [5.41, 5.74) is 6.75. The molecule has 3 N–H and O–H groups in total. The highest BCUT2D eigenvalue weighted by Crippen LogP contribution is 2.27. The Labute approximate surface area is 580 Å². The molecule has 0 amide bonds. The van der Waals surface area contributed by atoms with Crippen LogP contribution in [0.3, 0.4) is 0 Å². The molecule has 3 saturated heterocycles. The Morgan fingerprint density at radius 2 is 0.707 bits per heavy atom. The van der Waals surface area contributed by atoms with Gasteiger partial charge < -0.3 is 58.0 Å². The predicted molar refractivity (Wildman–Crippen MR) is 371 cm³/mol. The van der Waals surface area contributed by atoms with Gasteiger partial charge in [-0.1, -0.05) is 91.0 Å². The van der Waals surface area contributed by atoms with E-state index < -0.39 is 54.1 Å². The summed E-state index contributed by atoms with van der Waals surface area (Å²) in [6.07, 6.45) is 7.70. The minimum absolute atomic E-state index is 0.136. The number of para-hydroxylation sites is 3. The minimum atomic E-state index is -1.03. The van der Waals surface area contributed by atoms with Gasteiger partial charge in [0.2, 0.25) is 0 Å². The van der Waals surface area contributed by atoms with Crippen molar-refractivity contribution in [3.05, 3.63) is 179 Å². The maximum atomic E-state index is 12.2. The lowest BCUT2D eigenvalue weighted by Crippen LogP contribution is -2.37. The van der Waals surface area contributed by atoms with E-state index >= 15 is 0 Å². The molecule has 9 rings (SSSR count). The summed E-state index contributed by atoms with van der Waals surface area (Å²) in [4.78, 5) is 78.7. The first-order chi connectivity index (χ1) is 48.1. The number of benzene rings is 6. The van der Waals surface area contributed by atoms with Gasteiger partial charge in [-0.25, -0.2) is 0 Å². The molecular weight excluding hydrogens is 1270 g/mol. The van der Waals surface area contributed by atoms with Crippen molar-refractivity contribution in [2.45, 2.75) is 127 Å². The molecule has 22 nitrogen and oxygen atoms in total. The SMILES string of the molecule is COc1cccc(CCc2ccccc2OCC(CN2CCCC2)OC(=O)CCC(=O)O)c1.COc1cccc(CCc2ccccc2OCC(CN2CCCC2)OC(=O)CCC(=O)O)c1.COc1cccc(CCc2ccccc2OCC(CN2CCCO2)OC(=O)CCC(=O)O)c1. The normalized spacial score (nSPS) is 14.6. The number of esters is 3. The zero-order chi connectivity index (χ0) is 70.4. The molecule has 3 aliphatic rings. The molecule has 0 bridgehead atoms. The second-order valence-corrected chi connectivity index (χ2v) is 24.4. The third-order valence-corrected chi connectivity index (χ3v) is 16.7. The van der Waals surface area contributed by atoms with Crippen LogP contribution in [-0.4, -0.2) is 184 Å². The zero-order valence-electron chi connectivity index (χ0n) is 57.3. The van der Waals surface area contributed by atoms with Crippen molar-refractivity contribution in [1.82, 2.24) is 14.9 Å². The van der Waals surface area contributed by atoms with E-state index in [1.165, 1.54) is 16.7 Å². The second kappa shape index (κ2) is 43.2. The summed E-state index contributed by atoms with van der Waals surface area (Å²) >= 11 is 0. The van der Waals surface area contributed by atoms with Gasteiger partial charge in [-0.2, -0.15) is 5.06 Å². The molecule has 3 atom stereocenters. The Kier molecular flexibility index (Phi) is 33.7. The lowest BCUT2D eigenvalue weighted by atomic mass is 10.0. The smallest absolute Gasteiger partial charge is 0.306 e. The Morgan fingerprint density at radius 3 is 1.01 bits per heavy atom. The number of nitrogens with zero attached hydrogens (tertiary/aromatic N) is 3. The number of likely N-dealkylation sites (tertiary alicyclic amines) is 2. The Balaban J connectivity index is 0.000000209. The van der Waals surface area contributed by atoms with Gasteiger partial charge >= 0.3 is 35.8 Å². The molecule has 3 fully saturated rings. The monoisotopic (exact) mass is 1370 g/mol. The number of hydroxylamine groups is 2. The quantitative estimate of drug-likeness (QED) is 0.0239. The average Bonchev–Trinajstić information content (AvgIpc) is 1.42. The van der Waals surface area contributed by atoms with Crippen LogP contribution in [0.2, 0.25) is 0 Å². The zero-order valence-corrected chi connectivity index (χ0v) is 57.3. The van der Waals surface area contributed by atoms with Crippen molar-refractivity contribution in [3.63, 3.8) is 0 Å². The van der Waals surface area contributed by atoms with E-state index in [0.29, 0.717) is 26.2 Å². The number of carboxylic acids is 3. The summed E-state index contributed by atoms with van der Waals surface area (Å²) in [7, 11) is 4.98. The first kappa shape index (κ1) is 77.1. The third kappa shape index (κ3) is 29.8. The van der Waals surface area contributed by atoms with Crippen LogP contribution in [0.25, 0.3) is 0 Å². The van der Waals surface area contributed by atoms with Crippen LogP contribution in [0.1, 0.15) is 104 Å². The largest absolute Gasteiger partial charge is 0.497 e. The maximum Gasteiger partial charge on any atom is 0.306 e. The van der Waals surface area contributed by atoms with E-state index in [4.69, 9.17) is 62.8 Å². The fourth-order valence-electron chi connectivity index (χ4n) is 11.5. The topological polar surface area (TPSA) is 265 Å². The van der Waals surface area contributed by atoms with Crippen LogP contribution < -0.4 is 28.4 Å². The fourth-order valence-corrected chi connectivity index (χ4v) is 11.5. The lowest BCUT2D eigenvalue weighted by molar-refractivity contribution is -0.166. The molecule has 22 heteroatoms. The highest BCUT2D eigenvalue weighted by molar-refractivity contribution is 5.78. The number of rotatable bonds is 39. The van der Waals surface area contributed by atoms with E-state index in [1.54, 1.807) is 26.4 Å². The molecule has 3 aliphatic heterocycles. The third-order valence-electron chi connectivity index (χ3n) is 16.7. The molecule has 0 saturated carbocycles. The molecule has 6 aromatic rings. The highest BCUT2D eigenvalue weighted by Gasteiger charge is 2.26. The molecule has 0 spiro atoms. The van der Waals surface area contributed by atoms with Gasteiger partial charge in [-0.05, 0) is 185 Å². The Morgan fingerprint density at radius 1 is 0.384 bits per heavy atom. The summed E-state index contributed by atoms with van der Waals surface area (Å²) in [5, 5.41) is 28.2. The number of carboxylic acid groups (broad SMARTS) is 3. The number of carbonyl (C=O) groups excluding carboxylic acids is 3. The molecule has 0 radical (unpaired) electrons. The van der Waals surface area contributed by atoms with Crippen molar-refractivity contribution in [2.24, 2.45) is 0 Å². The van der Waals surface area contributed by atoms with Gasteiger partial charge in [0.25, 0.3) is 0 Å². The van der Waals surface area contributed by atoms with Crippen LogP contribution in [0, 0.1) is 0 Å². The van der Waals surface area contributed by atoms with Crippen molar-refractivity contribution >= 4 is 35.8 Å². The average molecular weight is 1370 g/mol. The lowest BCUT2D eigenvalue weighted by Gasteiger charge is -2.24. The number of hydrogen-bond donors (Lipinski definition) is 3. The van der Waals surface area contributed by atoms with Crippen molar-refractivity contribution in [2.75, 3.05) is 100 Å². The van der Waals surface area contributed by atoms with E-state index in [-0.39, 0.29) is 58.3 Å². The van der Waals surface area contributed by atoms with Crippen molar-refractivity contribution in [1.29, 1.82) is 0 Å². The number of aryl methyl sites for hydroxylation is 6. The molecule has 6 aromatic carbocycles. The molecule has 0 aliphatic carbocycles. The second-order valence-electron chi connectivity index (χ2n) is 24.4. The Hall–Kier alpha value is -9.22. The molecule has 0 aromatic heterocycles. The van der Waals surface area contributed by atoms with Crippen LogP contribution in [-0.2, 0) is 86.3 Å². The van der Waals surface area contributed by atoms with Gasteiger partial charge in [0.05, 0.1) is 73.0 Å². The molecule has 99 heavy (non-hydrogen) atoms. The van der Waals surface area contributed by atoms with Crippen LogP contribution in [0.5, 0.6) is 34.5 Å². The fraction of sp³-hybridized carbons (Fsp3) is 0.455. The van der Waals surface area contributed by atoms with E-state index in [9.17, 15) is 28.8 Å². The van der Waals surface area contributed by atoms with Gasteiger partial charge in [-0.3, -0.25) is 43.4 Å². The maximum absolute atomic E-state index is 12.2. The summed E-state index contributed by atoms with van der Waals surface area (Å²) < 4.78 is 50.9. The minimum Gasteiger partial charge on any atom is -0.497 e. The van der Waals surface area contributed by atoms with E-state index in [1.807, 2.05) is 127 Å². The molecule has 534 valence electrons. The first-order valence-electron chi connectivity index (χ1n) is 34.2. The number of carbonyl (C=O) groups is 6. The number of aliphatic carboxylic acids is 3. The summed E-state index contributed by atoms with van der Waals surface area (Å²) in [5.74, 6) is 0.161. The standard InChI is InChI=1S/2C26H33NO6.C25H31NO7/c2*1-31-22-9-6-7-20(17-22)11-12-21-8-2-3-10-24(21)32-19-23(18-27-15-4-5-16-27)33-26(30)14-13-25(28)29;1-30-21-8-4-6-19(16-21)10-11-20-7-2-3-9-23(20)31-18-22(17-26-14-5-15-32-26)33-25(29)13-12-24(27)28/h2*2-3,6-10,17,23H,4-5,11-16,18-19H2,1H3,(H,28,29);2-4,6-9,16,22H,5,10-15,17-18H2,1H3,(H,27,28). The van der Waals surface area contributed by atoms with Gasteiger partial charge in [-0.15, -0.1) is 0 Å². The molecule has 3 unspecified atom stereocenters. The highest BCUT2D eigenvalue weighted by atomic mass is 16.7. The number of methoxy groups -OCH3 is 3.